The average molecular weight is 199 g/mol. The molecule has 0 saturated carbocycles. The Balaban J connectivity index is 4.15. The lowest BCUT2D eigenvalue weighted by Gasteiger charge is -2.20. The van der Waals surface area contributed by atoms with Crippen molar-refractivity contribution < 1.29 is 14.3 Å². The fourth-order valence-electron chi connectivity index (χ4n) is 0.688. The molecule has 0 aliphatic heterocycles. The van der Waals surface area contributed by atoms with Crippen LogP contribution in [-0.4, -0.2) is 24.6 Å². The van der Waals surface area contributed by atoms with Gasteiger partial charge in [0.15, 0.2) is 5.90 Å². The van der Waals surface area contributed by atoms with E-state index in [0.717, 1.165) is 0 Å². The lowest BCUT2D eigenvalue weighted by molar-refractivity contribution is -0.149. The molecule has 0 aromatic carbocycles. The molecular formula is C10H17NO3. The van der Waals surface area contributed by atoms with Crippen molar-refractivity contribution in [3.8, 4) is 0 Å². The summed E-state index contributed by atoms with van der Waals surface area (Å²) >= 11 is 0. The zero-order valence-electron chi connectivity index (χ0n) is 9.14. The normalized spacial score (nSPS) is 10.6. The van der Waals surface area contributed by atoms with Crippen LogP contribution >= 0.6 is 0 Å². The predicted molar refractivity (Wildman–Crippen MR) is 54.3 cm³/mol. The molecule has 4 nitrogen and oxygen atoms in total. The number of methoxy groups -OCH3 is 1. The van der Waals surface area contributed by atoms with E-state index in [4.69, 9.17) is 10.1 Å². The minimum absolute atomic E-state index is 0.000796. The molecule has 0 unspecified atom stereocenters. The van der Waals surface area contributed by atoms with E-state index in [1.165, 1.54) is 7.11 Å². The summed E-state index contributed by atoms with van der Waals surface area (Å²) in [4.78, 5) is 11.3. The summed E-state index contributed by atoms with van der Waals surface area (Å²) in [6.07, 6.45) is 0.0887. The molecule has 0 aliphatic rings. The van der Waals surface area contributed by atoms with Crippen LogP contribution in [0.4, 0.5) is 0 Å². The van der Waals surface area contributed by atoms with E-state index in [2.05, 4.69) is 11.3 Å². The highest BCUT2D eigenvalue weighted by Crippen LogP contribution is 2.12. The van der Waals surface area contributed by atoms with Crippen LogP contribution in [0.15, 0.2) is 12.2 Å². The Bertz CT molecular complexity index is 251. The van der Waals surface area contributed by atoms with Gasteiger partial charge in [-0.05, 0) is 20.8 Å². The molecule has 1 N–H and O–H groups in total. The number of esters is 1. The zero-order chi connectivity index (χ0) is 11.4. The van der Waals surface area contributed by atoms with Crippen LogP contribution in [0.3, 0.4) is 0 Å². The second kappa shape index (κ2) is 4.79. The van der Waals surface area contributed by atoms with Crippen molar-refractivity contribution >= 4 is 11.9 Å². The quantitative estimate of drug-likeness (QED) is 0.327. The van der Waals surface area contributed by atoms with Crippen LogP contribution in [0.2, 0.25) is 0 Å². The third kappa shape index (κ3) is 5.35. The van der Waals surface area contributed by atoms with Gasteiger partial charge in [-0.15, -0.1) is 0 Å². The maximum absolute atomic E-state index is 11.3. The van der Waals surface area contributed by atoms with E-state index < -0.39 is 11.6 Å². The molecule has 0 spiro atoms. The molecule has 0 fully saturated rings. The van der Waals surface area contributed by atoms with E-state index >= 15 is 0 Å². The molecule has 0 rings (SSSR count). The molecule has 80 valence electrons. The van der Waals surface area contributed by atoms with Gasteiger partial charge in [-0.3, -0.25) is 5.41 Å². The van der Waals surface area contributed by atoms with Gasteiger partial charge < -0.3 is 9.47 Å². The second-order valence-electron chi connectivity index (χ2n) is 3.91. The Morgan fingerprint density at radius 1 is 1.43 bits per heavy atom. The molecule has 0 atom stereocenters. The molecular weight excluding hydrogens is 182 g/mol. The summed E-state index contributed by atoms with van der Waals surface area (Å²) in [7, 11) is 1.38. The van der Waals surface area contributed by atoms with Crippen LogP contribution in [0.25, 0.3) is 0 Å². The summed E-state index contributed by atoms with van der Waals surface area (Å²) in [6, 6.07) is 0. The van der Waals surface area contributed by atoms with E-state index in [0.29, 0.717) is 0 Å². The van der Waals surface area contributed by atoms with Gasteiger partial charge >= 0.3 is 5.97 Å². The van der Waals surface area contributed by atoms with Gasteiger partial charge in [0.25, 0.3) is 0 Å². The molecule has 0 aromatic rings. The van der Waals surface area contributed by atoms with E-state index in [1.807, 2.05) is 0 Å². The number of carbonyl (C=O) groups is 1. The Hall–Kier alpha value is -1.32. The Kier molecular flexibility index (Phi) is 4.34. The van der Waals surface area contributed by atoms with Crippen molar-refractivity contribution in [2.45, 2.75) is 32.8 Å². The number of nitrogens with one attached hydrogen (secondary N) is 1. The highest BCUT2D eigenvalue weighted by molar-refractivity contribution is 5.94. The molecule has 4 heteroatoms. The lowest BCUT2D eigenvalue weighted by Crippen LogP contribution is -2.25. The minimum atomic E-state index is -0.532. The van der Waals surface area contributed by atoms with Crippen LogP contribution in [0.5, 0.6) is 0 Å². The van der Waals surface area contributed by atoms with Crippen LogP contribution < -0.4 is 0 Å². The SMILES string of the molecule is C=C(CC(=N)OC)C(=O)OC(C)(C)C. The van der Waals surface area contributed by atoms with Crippen molar-refractivity contribution in [2.24, 2.45) is 0 Å². The molecule has 0 radical (unpaired) electrons. The smallest absolute Gasteiger partial charge is 0.334 e. The third-order valence-electron chi connectivity index (χ3n) is 1.31. The summed E-state index contributed by atoms with van der Waals surface area (Å²) in [6.45, 7) is 8.86. The van der Waals surface area contributed by atoms with Crippen molar-refractivity contribution in [3.63, 3.8) is 0 Å². The number of ether oxygens (including phenoxy) is 2. The lowest BCUT2D eigenvalue weighted by atomic mass is 10.1. The molecule has 0 amide bonds. The highest BCUT2D eigenvalue weighted by atomic mass is 16.6. The Morgan fingerprint density at radius 3 is 2.29 bits per heavy atom. The Labute approximate surface area is 84.4 Å². The fraction of sp³-hybridized carbons (Fsp3) is 0.600. The van der Waals surface area contributed by atoms with Crippen molar-refractivity contribution in [2.75, 3.05) is 7.11 Å². The first-order valence-electron chi connectivity index (χ1n) is 4.29. The van der Waals surface area contributed by atoms with Crippen molar-refractivity contribution in [3.05, 3.63) is 12.2 Å². The Morgan fingerprint density at radius 2 is 1.93 bits per heavy atom. The number of hydrogen-bond acceptors (Lipinski definition) is 4. The van der Waals surface area contributed by atoms with Gasteiger partial charge in [0.2, 0.25) is 0 Å². The van der Waals surface area contributed by atoms with Crippen molar-refractivity contribution in [1.29, 1.82) is 5.41 Å². The predicted octanol–water partition coefficient (Wildman–Crippen LogP) is 1.90. The average Bonchev–Trinajstić information content (AvgIpc) is 2.00. The molecule has 14 heavy (non-hydrogen) atoms. The molecule has 0 saturated heterocycles. The summed E-state index contributed by atoms with van der Waals surface area (Å²) in [5, 5.41) is 7.20. The van der Waals surface area contributed by atoms with E-state index in [9.17, 15) is 4.79 Å². The maximum Gasteiger partial charge on any atom is 0.334 e. The topological polar surface area (TPSA) is 59.4 Å². The van der Waals surface area contributed by atoms with Crippen LogP contribution in [0.1, 0.15) is 27.2 Å². The molecule has 0 bridgehead atoms. The van der Waals surface area contributed by atoms with E-state index in [-0.39, 0.29) is 17.9 Å². The van der Waals surface area contributed by atoms with Gasteiger partial charge in [-0.1, -0.05) is 6.58 Å². The van der Waals surface area contributed by atoms with E-state index in [1.54, 1.807) is 20.8 Å². The van der Waals surface area contributed by atoms with Gasteiger partial charge in [-0.2, -0.15) is 0 Å². The monoisotopic (exact) mass is 199 g/mol. The maximum atomic E-state index is 11.3. The van der Waals surface area contributed by atoms with Gasteiger partial charge in [0.1, 0.15) is 5.60 Å². The van der Waals surface area contributed by atoms with Gasteiger partial charge in [0.05, 0.1) is 13.5 Å². The first kappa shape index (κ1) is 12.7. The first-order chi connectivity index (χ1) is 6.26. The molecule has 0 heterocycles. The highest BCUT2D eigenvalue weighted by Gasteiger charge is 2.19. The van der Waals surface area contributed by atoms with Crippen LogP contribution in [-0.2, 0) is 14.3 Å². The standard InChI is InChI=1S/C10H17NO3/c1-7(6-8(11)13-5)9(12)14-10(2,3)4/h11H,1,6H2,2-5H3. The fourth-order valence-corrected chi connectivity index (χ4v) is 0.688. The number of rotatable bonds is 3. The van der Waals surface area contributed by atoms with Gasteiger partial charge in [0, 0.05) is 5.57 Å². The van der Waals surface area contributed by atoms with Crippen LogP contribution in [0, 0.1) is 5.41 Å². The third-order valence-corrected chi connectivity index (χ3v) is 1.31. The second-order valence-corrected chi connectivity index (χ2v) is 3.91. The summed E-state index contributed by atoms with van der Waals surface area (Å²) < 4.78 is 9.67. The summed E-state index contributed by atoms with van der Waals surface area (Å²) in [5.74, 6) is -0.486. The first-order valence-corrected chi connectivity index (χ1v) is 4.29. The summed E-state index contributed by atoms with van der Waals surface area (Å²) in [5.41, 5.74) is -0.304. The largest absolute Gasteiger partial charge is 0.484 e. The molecule has 0 aromatic heterocycles. The zero-order valence-corrected chi connectivity index (χ0v) is 9.14. The minimum Gasteiger partial charge on any atom is -0.484 e. The number of hydrogen-bond donors (Lipinski definition) is 1. The molecule has 0 aliphatic carbocycles. The number of carbonyl (C=O) groups excluding carboxylic acids is 1. The van der Waals surface area contributed by atoms with Crippen molar-refractivity contribution in [1.82, 2.24) is 0 Å². The van der Waals surface area contributed by atoms with Gasteiger partial charge in [-0.25, -0.2) is 4.79 Å².